The van der Waals surface area contributed by atoms with Gasteiger partial charge in [0.05, 0.1) is 21.5 Å². The van der Waals surface area contributed by atoms with Gasteiger partial charge in [0.25, 0.3) is 5.91 Å². The highest BCUT2D eigenvalue weighted by Gasteiger charge is 2.43. The van der Waals surface area contributed by atoms with Crippen LogP contribution in [0.25, 0.3) is 0 Å². The monoisotopic (exact) mass is 527 g/mol. The highest BCUT2D eigenvalue weighted by Crippen LogP contribution is 2.36. The third-order valence-corrected chi connectivity index (χ3v) is 7.55. The second-order valence-corrected chi connectivity index (χ2v) is 9.86. The van der Waals surface area contributed by atoms with Gasteiger partial charge in [-0.05, 0) is 61.1 Å². The van der Waals surface area contributed by atoms with E-state index in [0.717, 1.165) is 17.2 Å². The number of nitrogens with zero attached hydrogens (tertiary/aromatic N) is 3. The van der Waals surface area contributed by atoms with Crippen molar-refractivity contribution in [2.75, 3.05) is 13.1 Å². The predicted molar refractivity (Wildman–Crippen MR) is 127 cm³/mol. The first-order valence-electron chi connectivity index (χ1n) is 11.7. The molecule has 2 atom stereocenters. The third kappa shape index (κ3) is 5.28. The van der Waals surface area contributed by atoms with E-state index in [1.807, 2.05) is 13.0 Å². The molecule has 2 aliphatic rings. The first-order valence-corrected chi connectivity index (χ1v) is 12.5. The molecule has 188 valence electrons. The third-order valence-electron chi connectivity index (χ3n) is 6.82. The average molecular weight is 528 g/mol. The summed E-state index contributed by atoms with van der Waals surface area (Å²) >= 11 is 12.3. The fourth-order valence-corrected chi connectivity index (χ4v) is 5.53. The molecule has 4 rings (SSSR count). The Kier molecular flexibility index (Phi) is 7.62. The zero-order valence-electron chi connectivity index (χ0n) is 19.2. The van der Waals surface area contributed by atoms with Crippen molar-refractivity contribution < 1.29 is 22.8 Å². The molecule has 0 unspecified atom stereocenters. The van der Waals surface area contributed by atoms with Gasteiger partial charge in [-0.1, -0.05) is 36.5 Å². The fraction of sp³-hybridized carbons (Fsp3) is 0.480. The van der Waals surface area contributed by atoms with E-state index >= 15 is 0 Å². The standard InChI is InChI=1S/C25H26Cl2F3N3O2/c1-2-5-21-17(23(34)32-11-8-15-12-19(26)20(27)13-16(15)14-32)6-4-10-33(21)24(35)22-18(25(28,29)30)7-3-9-31-22/h3,7,9,12-13,17,21H,2,4-6,8,10-11,14H2,1H3/t17-,21-/m1/s1. The molecule has 2 aromatic rings. The number of aromatic nitrogens is 1. The van der Waals surface area contributed by atoms with Gasteiger partial charge in [0.15, 0.2) is 0 Å². The topological polar surface area (TPSA) is 53.5 Å². The summed E-state index contributed by atoms with van der Waals surface area (Å²) in [6.07, 6.45) is -0.572. The average Bonchev–Trinajstić information content (AvgIpc) is 2.83. The second-order valence-electron chi connectivity index (χ2n) is 9.05. The van der Waals surface area contributed by atoms with Gasteiger partial charge in [0, 0.05) is 31.9 Å². The summed E-state index contributed by atoms with van der Waals surface area (Å²) in [6.45, 7) is 3.11. The predicted octanol–water partition coefficient (Wildman–Crippen LogP) is 6.01. The summed E-state index contributed by atoms with van der Waals surface area (Å²) in [5, 5.41) is 0.899. The van der Waals surface area contributed by atoms with Crippen LogP contribution in [0.2, 0.25) is 10.0 Å². The Hall–Kier alpha value is -2.32. The number of rotatable bonds is 4. The van der Waals surface area contributed by atoms with E-state index in [1.165, 1.54) is 17.2 Å². The van der Waals surface area contributed by atoms with E-state index in [0.29, 0.717) is 55.2 Å². The van der Waals surface area contributed by atoms with Crippen LogP contribution in [0.4, 0.5) is 13.2 Å². The van der Waals surface area contributed by atoms with Gasteiger partial charge in [-0.3, -0.25) is 14.6 Å². The second kappa shape index (κ2) is 10.3. The molecule has 0 spiro atoms. The molecule has 1 aromatic carbocycles. The lowest BCUT2D eigenvalue weighted by Crippen LogP contribution is -2.54. The summed E-state index contributed by atoms with van der Waals surface area (Å²) in [5.74, 6) is -1.36. The van der Waals surface area contributed by atoms with Crippen molar-refractivity contribution in [1.82, 2.24) is 14.8 Å². The van der Waals surface area contributed by atoms with Gasteiger partial charge in [0.2, 0.25) is 5.91 Å². The molecular weight excluding hydrogens is 502 g/mol. The van der Waals surface area contributed by atoms with Gasteiger partial charge in [-0.25, -0.2) is 0 Å². The van der Waals surface area contributed by atoms with E-state index in [4.69, 9.17) is 23.2 Å². The molecule has 1 fully saturated rings. The molecule has 0 aliphatic carbocycles. The van der Waals surface area contributed by atoms with Crippen LogP contribution in [0.1, 0.15) is 59.8 Å². The van der Waals surface area contributed by atoms with Crippen LogP contribution >= 0.6 is 23.2 Å². The Balaban J connectivity index is 1.59. The van der Waals surface area contributed by atoms with Gasteiger partial charge >= 0.3 is 6.18 Å². The number of likely N-dealkylation sites (tertiary alicyclic amines) is 1. The number of fused-ring (bicyclic) bond motifs is 1. The van der Waals surface area contributed by atoms with Crippen molar-refractivity contribution in [3.05, 3.63) is 62.9 Å². The molecule has 0 radical (unpaired) electrons. The van der Waals surface area contributed by atoms with Crippen molar-refractivity contribution in [1.29, 1.82) is 0 Å². The number of hydrogen-bond acceptors (Lipinski definition) is 3. The number of hydrogen-bond donors (Lipinski definition) is 0. The molecule has 2 aliphatic heterocycles. The van der Waals surface area contributed by atoms with Crippen LogP contribution in [0.15, 0.2) is 30.5 Å². The number of halogens is 5. The number of carbonyl (C=O) groups is 2. The van der Waals surface area contributed by atoms with Crippen molar-refractivity contribution in [2.45, 2.75) is 57.8 Å². The molecule has 3 heterocycles. The van der Waals surface area contributed by atoms with Crippen LogP contribution in [0.5, 0.6) is 0 Å². The number of carbonyl (C=O) groups excluding carboxylic acids is 2. The van der Waals surface area contributed by atoms with Crippen LogP contribution in [-0.4, -0.2) is 45.7 Å². The maximum absolute atomic E-state index is 13.7. The number of amides is 2. The molecular formula is C25H26Cl2F3N3O2. The molecule has 0 bridgehead atoms. The van der Waals surface area contributed by atoms with E-state index in [2.05, 4.69) is 4.98 Å². The highest BCUT2D eigenvalue weighted by atomic mass is 35.5. The summed E-state index contributed by atoms with van der Waals surface area (Å²) < 4.78 is 40.7. The number of alkyl halides is 3. The van der Waals surface area contributed by atoms with E-state index in [-0.39, 0.29) is 12.5 Å². The summed E-state index contributed by atoms with van der Waals surface area (Å²) in [5.41, 5.74) is 0.298. The number of benzene rings is 1. The Labute approximate surface area is 212 Å². The summed E-state index contributed by atoms with van der Waals surface area (Å²) in [6, 6.07) is 5.14. The zero-order valence-corrected chi connectivity index (χ0v) is 20.8. The molecule has 1 saturated heterocycles. The Morgan fingerprint density at radius 3 is 2.54 bits per heavy atom. The van der Waals surface area contributed by atoms with Crippen LogP contribution < -0.4 is 0 Å². The first-order chi connectivity index (χ1) is 16.6. The molecule has 0 N–H and O–H groups in total. The van der Waals surface area contributed by atoms with Crippen molar-refractivity contribution in [3.63, 3.8) is 0 Å². The maximum atomic E-state index is 13.7. The van der Waals surface area contributed by atoms with Crippen molar-refractivity contribution >= 4 is 35.0 Å². The van der Waals surface area contributed by atoms with E-state index < -0.39 is 35.3 Å². The molecule has 10 heteroatoms. The van der Waals surface area contributed by atoms with Gasteiger partial charge in [-0.2, -0.15) is 13.2 Å². The molecule has 1 aromatic heterocycles. The highest BCUT2D eigenvalue weighted by molar-refractivity contribution is 6.42. The van der Waals surface area contributed by atoms with Crippen molar-refractivity contribution in [2.24, 2.45) is 5.92 Å². The number of pyridine rings is 1. The minimum absolute atomic E-state index is 0.0882. The van der Waals surface area contributed by atoms with Crippen LogP contribution in [0, 0.1) is 5.92 Å². The molecule has 2 amide bonds. The fourth-order valence-electron chi connectivity index (χ4n) is 5.16. The molecule has 0 saturated carbocycles. The number of piperidine rings is 1. The largest absolute Gasteiger partial charge is 0.418 e. The Morgan fingerprint density at radius 2 is 1.86 bits per heavy atom. The van der Waals surface area contributed by atoms with Crippen molar-refractivity contribution in [3.8, 4) is 0 Å². The van der Waals surface area contributed by atoms with Gasteiger partial charge in [0.1, 0.15) is 5.69 Å². The molecule has 5 nitrogen and oxygen atoms in total. The van der Waals surface area contributed by atoms with Gasteiger partial charge in [-0.15, -0.1) is 0 Å². The molecule has 35 heavy (non-hydrogen) atoms. The summed E-state index contributed by atoms with van der Waals surface area (Å²) in [4.78, 5) is 34.0. The lowest BCUT2D eigenvalue weighted by atomic mass is 9.84. The normalized spacial score (nSPS) is 20.5. The minimum Gasteiger partial charge on any atom is -0.338 e. The van der Waals surface area contributed by atoms with Crippen LogP contribution in [-0.2, 0) is 23.9 Å². The lowest BCUT2D eigenvalue weighted by Gasteiger charge is -2.43. The van der Waals surface area contributed by atoms with Gasteiger partial charge < -0.3 is 9.80 Å². The van der Waals surface area contributed by atoms with Crippen LogP contribution in [0.3, 0.4) is 0 Å². The Morgan fingerprint density at radius 1 is 1.14 bits per heavy atom. The van der Waals surface area contributed by atoms with E-state index in [9.17, 15) is 22.8 Å². The smallest absolute Gasteiger partial charge is 0.338 e. The first kappa shape index (κ1) is 25.8. The maximum Gasteiger partial charge on any atom is 0.418 e. The minimum atomic E-state index is -4.70. The zero-order chi connectivity index (χ0) is 25.3. The summed E-state index contributed by atoms with van der Waals surface area (Å²) in [7, 11) is 0. The lowest BCUT2D eigenvalue weighted by molar-refractivity contribution is -0.141. The SMILES string of the molecule is CCC[C@@H]1[C@H](C(=O)N2CCc3cc(Cl)c(Cl)cc3C2)CCCN1C(=O)c1ncccc1C(F)(F)F. The Bertz CT molecular complexity index is 1130. The quantitative estimate of drug-likeness (QED) is 0.489. The van der Waals surface area contributed by atoms with E-state index in [1.54, 1.807) is 11.0 Å².